The fraction of sp³-hybridized carbons (Fsp3) is 1.00. The van der Waals surface area contributed by atoms with E-state index in [4.69, 9.17) is 0 Å². The predicted molar refractivity (Wildman–Crippen MR) is 80.7 cm³/mol. The predicted octanol–water partition coefficient (Wildman–Crippen LogP) is 2.93. The summed E-state index contributed by atoms with van der Waals surface area (Å²) in [7, 11) is 0. The molecule has 0 radical (unpaired) electrons. The molecule has 1 aliphatic carbocycles. The Balaban J connectivity index is 1.72. The van der Waals surface area contributed by atoms with Crippen molar-refractivity contribution in [1.82, 2.24) is 10.2 Å². The van der Waals surface area contributed by atoms with Crippen molar-refractivity contribution >= 4 is 0 Å². The summed E-state index contributed by atoms with van der Waals surface area (Å²) in [4.78, 5) is 1.92. The average molecular weight is 322 g/mol. The number of likely N-dealkylation sites (tertiary alicyclic amines) is 1. The van der Waals surface area contributed by atoms with Gasteiger partial charge in [0.1, 0.15) is 0 Å². The van der Waals surface area contributed by atoms with Gasteiger partial charge < -0.3 is 15.3 Å². The summed E-state index contributed by atoms with van der Waals surface area (Å²) < 4.78 is 36.8. The minimum Gasteiger partial charge on any atom is -0.396 e. The zero-order chi connectivity index (χ0) is 16.0. The molecule has 22 heavy (non-hydrogen) atoms. The molecule has 1 saturated carbocycles. The topological polar surface area (TPSA) is 35.5 Å². The SMILES string of the molecule is OCC1CCCCCC1NC1CCN(CCC(F)(F)F)CC1. The Morgan fingerprint density at radius 2 is 1.68 bits per heavy atom. The second-order valence-electron chi connectivity index (χ2n) is 6.83. The van der Waals surface area contributed by atoms with Crippen LogP contribution >= 0.6 is 0 Å². The van der Waals surface area contributed by atoms with Gasteiger partial charge in [-0.3, -0.25) is 0 Å². The van der Waals surface area contributed by atoms with E-state index in [1.54, 1.807) is 0 Å². The number of nitrogens with zero attached hydrogens (tertiary/aromatic N) is 1. The maximum absolute atomic E-state index is 12.3. The van der Waals surface area contributed by atoms with Crippen LogP contribution in [0.3, 0.4) is 0 Å². The number of rotatable bonds is 5. The van der Waals surface area contributed by atoms with Gasteiger partial charge in [0.15, 0.2) is 0 Å². The molecule has 1 aliphatic heterocycles. The number of aliphatic hydroxyl groups excluding tert-OH is 1. The third-order valence-electron chi connectivity index (χ3n) is 5.14. The summed E-state index contributed by atoms with van der Waals surface area (Å²) in [5, 5.41) is 13.2. The van der Waals surface area contributed by atoms with Gasteiger partial charge >= 0.3 is 6.18 Å². The van der Waals surface area contributed by atoms with Gasteiger partial charge in [0, 0.05) is 25.2 Å². The Morgan fingerprint density at radius 1 is 1.00 bits per heavy atom. The number of alkyl halides is 3. The van der Waals surface area contributed by atoms with Crippen LogP contribution in [0, 0.1) is 5.92 Å². The summed E-state index contributed by atoms with van der Waals surface area (Å²) in [6.45, 7) is 1.84. The fourth-order valence-electron chi connectivity index (χ4n) is 3.73. The van der Waals surface area contributed by atoms with Gasteiger partial charge in [0.2, 0.25) is 0 Å². The zero-order valence-corrected chi connectivity index (χ0v) is 13.2. The van der Waals surface area contributed by atoms with Gasteiger partial charge in [0.25, 0.3) is 0 Å². The molecule has 130 valence electrons. The summed E-state index contributed by atoms with van der Waals surface area (Å²) in [5.74, 6) is 0.339. The Kier molecular flexibility index (Phi) is 6.96. The van der Waals surface area contributed by atoms with Crippen molar-refractivity contribution in [2.24, 2.45) is 5.92 Å². The molecule has 0 bridgehead atoms. The van der Waals surface area contributed by atoms with E-state index >= 15 is 0 Å². The third kappa shape index (κ3) is 6.05. The molecule has 0 spiro atoms. The lowest BCUT2D eigenvalue weighted by Crippen LogP contribution is -2.49. The maximum Gasteiger partial charge on any atom is 0.390 e. The average Bonchev–Trinajstić information content (AvgIpc) is 2.71. The Hall–Kier alpha value is -0.330. The van der Waals surface area contributed by atoms with E-state index in [1.165, 1.54) is 19.3 Å². The van der Waals surface area contributed by atoms with E-state index in [2.05, 4.69) is 5.32 Å². The van der Waals surface area contributed by atoms with Gasteiger partial charge in [-0.15, -0.1) is 0 Å². The highest BCUT2D eigenvalue weighted by Gasteiger charge is 2.30. The van der Waals surface area contributed by atoms with Crippen molar-refractivity contribution in [2.45, 2.75) is 69.6 Å². The number of hydrogen-bond acceptors (Lipinski definition) is 3. The van der Waals surface area contributed by atoms with Crippen LogP contribution in [0.1, 0.15) is 51.4 Å². The van der Waals surface area contributed by atoms with Crippen molar-refractivity contribution in [3.63, 3.8) is 0 Å². The Labute approximate surface area is 131 Å². The molecule has 3 nitrogen and oxygen atoms in total. The van der Waals surface area contributed by atoms with Gasteiger partial charge in [-0.1, -0.05) is 19.3 Å². The second kappa shape index (κ2) is 8.50. The van der Waals surface area contributed by atoms with Crippen LogP contribution in [0.15, 0.2) is 0 Å². The lowest BCUT2D eigenvalue weighted by Gasteiger charge is -2.36. The number of hydrogen-bond donors (Lipinski definition) is 2. The first kappa shape index (κ1) is 18.0. The van der Waals surface area contributed by atoms with Gasteiger partial charge in [-0.2, -0.15) is 13.2 Å². The molecule has 0 aromatic heterocycles. The lowest BCUT2D eigenvalue weighted by molar-refractivity contribution is -0.138. The molecule has 2 atom stereocenters. The van der Waals surface area contributed by atoms with Crippen LogP contribution in [-0.2, 0) is 0 Å². The molecule has 0 amide bonds. The van der Waals surface area contributed by atoms with Crippen molar-refractivity contribution in [3.05, 3.63) is 0 Å². The van der Waals surface area contributed by atoms with Gasteiger partial charge in [-0.25, -0.2) is 0 Å². The highest BCUT2D eigenvalue weighted by molar-refractivity contribution is 4.85. The number of nitrogens with one attached hydrogen (secondary N) is 1. The second-order valence-corrected chi connectivity index (χ2v) is 6.83. The highest BCUT2D eigenvalue weighted by atomic mass is 19.4. The van der Waals surface area contributed by atoms with E-state index in [9.17, 15) is 18.3 Å². The van der Waals surface area contributed by atoms with Crippen molar-refractivity contribution in [3.8, 4) is 0 Å². The molecule has 2 rings (SSSR count). The Bertz CT molecular complexity index is 317. The largest absolute Gasteiger partial charge is 0.396 e. The molecule has 2 unspecified atom stereocenters. The van der Waals surface area contributed by atoms with E-state index in [0.29, 0.717) is 18.0 Å². The van der Waals surface area contributed by atoms with E-state index in [-0.39, 0.29) is 13.2 Å². The fourth-order valence-corrected chi connectivity index (χ4v) is 3.73. The number of aliphatic hydroxyl groups is 1. The van der Waals surface area contributed by atoms with Crippen molar-refractivity contribution in [2.75, 3.05) is 26.2 Å². The van der Waals surface area contributed by atoms with Crippen molar-refractivity contribution < 1.29 is 18.3 Å². The van der Waals surface area contributed by atoms with Crippen LogP contribution in [0.5, 0.6) is 0 Å². The molecule has 0 aromatic carbocycles. The molecule has 6 heteroatoms. The zero-order valence-electron chi connectivity index (χ0n) is 13.2. The van der Waals surface area contributed by atoms with Gasteiger partial charge in [-0.05, 0) is 44.7 Å². The quantitative estimate of drug-likeness (QED) is 0.764. The highest BCUT2D eigenvalue weighted by Crippen LogP contribution is 2.25. The molecule has 1 saturated heterocycles. The minimum atomic E-state index is -4.05. The van der Waals surface area contributed by atoms with Crippen LogP contribution in [0.2, 0.25) is 0 Å². The number of halogens is 3. The first-order chi connectivity index (χ1) is 10.5. The third-order valence-corrected chi connectivity index (χ3v) is 5.14. The van der Waals surface area contributed by atoms with Crippen LogP contribution in [0.4, 0.5) is 13.2 Å². The molecule has 2 N–H and O–H groups in total. The molecule has 2 fully saturated rings. The standard InChI is InChI=1S/C16H29F3N2O/c17-16(18,19)8-11-21-9-6-14(7-10-21)20-15-5-3-1-2-4-13(15)12-22/h13-15,20,22H,1-12H2. The lowest BCUT2D eigenvalue weighted by atomic mass is 9.93. The van der Waals surface area contributed by atoms with E-state index in [1.807, 2.05) is 4.90 Å². The Morgan fingerprint density at radius 3 is 2.32 bits per heavy atom. The van der Waals surface area contributed by atoms with Crippen LogP contribution < -0.4 is 5.32 Å². The molecular weight excluding hydrogens is 293 g/mol. The summed E-state index contributed by atoms with van der Waals surface area (Å²) in [5.41, 5.74) is 0. The van der Waals surface area contributed by atoms with Crippen LogP contribution in [0.25, 0.3) is 0 Å². The van der Waals surface area contributed by atoms with Gasteiger partial charge in [0.05, 0.1) is 6.42 Å². The summed E-state index contributed by atoms with van der Waals surface area (Å²) in [6.07, 6.45) is 2.89. The van der Waals surface area contributed by atoms with Crippen molar-refractivity contribution in [1.29, 1.82) is 0 Å². The van der Waals surface area contributed by atoms with E-state index in [0.717, 1.165) is 38.8 Å². The maximum atomic E-state index is 12.3. The molecular formula is C16H29F3N2O. The number of piperidine rings is 1. The first-order valence-corrected chi connectivity index (χ1v) is 8.64. The summed E-state index contributed by atoms with van der Waals surface area (Å²) in [6, 6.07) is 0.763. The smallest absolute Gasteiger partial charge is 0.390 e. The molecule has 2 aliphatic rings. The molecule has 1 heterocycles. The van der Waals surface area contributed by atoms with Crippen LogP contribution in [-0.4, -0.2) is 54.5 Å². The minimum absolute atomic E-state index is 0.124. The normalized spacial score (nSPS) is 29.5. The monoisotopic (exact) mass is 322 g/mol. The summed E-state index contributed by atoms with van der Waals surface area (Å²) >= 11 is 0. The first-order valence-electron chi connectivity index (χ1n) is 8.64. The van der Waals surface area contributed by atoms with E-state index < -0.39 is 12.6 Å². The molecule has 0 aromatic rings.